The number of fused-ring (bicyclic) bond motifs is 1. The van der Waals surface area contributed by atoms with E-state index >= 15 is 0 Å². The van der Waals surface area contributed by atoms with E-state index in [-0.39, 0.29) is 5.91 Å². The molecule has 2 aliphatic rings. The third kappa shape index (κ3) is 3.17. The van der Waals surface area contributed by atoms with Crippen molar-refractivity contribution >= 4 is 23.5 Å². The number of aryl methyl sites for hydroxylation is 2. The highest BCUT2D eigenvalue weighted by molar-refractivity contribution is 6.24. The Labute approximate surface area is 197 Å². The molecule has 0 radical (unpaired) electrons. The number of benzene rings is 2. The van der Waals surface area contributed by atoms with Crippen molar-refractivity contribution in [1.82, 2.24) is 15.1 Å². The third-order valence-electron chi connectivity index (χ3n) is 6.98. The number of anilines is 1. The number of rotatable bonds is 4. The number of amides is 2. The molecule has 0 unspecified atom stereocenters. The molecule has 1 N–H and O–H groups in total. The normalized spacial score (nSPS) is 26.1. The summed E-state index contributed by atoms with van der Waals surface area (Å²) in [5.74, 6) is -3.00. The first-order valence-electron chi connectivity index (χ1n) is 11.2. The molecule has 0 spiro atoms. The molecular formula is C26H26N4O4. The maximum absolute atomic E-state index is 13.7. The van der Waals surface area contributed by atoms with Crippen molar-refractivity contribution in [1.29, 1.82) is 0 Å². The van der Waals surface area contributed by atoms with Crippen LogP contribution in [0.2, 0.25) is 0 Å². The summed E-state index contributed by atoms with van der Waals surface area (Å²) in [5.41, 5.74) is 2.50. The fourth-order valence-electron chi connectivity index (χ4n) is 5.25. The van der Waals surface area contributed by atoms with E-state index in [1.54, 1.807) is 23.7 Å². The summed E-state index contributed by atoms with van der Waals surface area (Å²) in [6, 6.07) is 16.3. The summed E-state index contributed by atoms with van der Waals surface area (Å²) in [4.78, 5) is 41.5. The smallest absolute Gasteiger partial charge is 0.326 e. The number of ether oxygens (including phenoxy) is 1. The lowest BCUT2D eigenvalue weighted by molar-refractivity contribution is -0.151. The van der Waals surface area contributed by atoms with Crippen LogP contribution in [0.3, 0.4) is 0 Å². The Hall–Kier alpha value is -3.78. The number of aromatic nitrogens is 2. The number of methoxy groups -OCH3 is 1. The molecule has 2 aromatic carbocycles. The minimum absolute atomic E-state index is 0.337. The Morgan fingerprint density at radius 3 is 2.32 bits per heavy atom. The number of hydrogen-bond donors (Lipinski definition) is 1. The lowest BCUT2D eigenvalue weighted by Crippen LogP contribution is -2.54. The fraction of sp³-hybridized carbons (Fsp3) is 0.308. The second-order valence-electron chi connectivity index (χ2n) is 9.12. The van der Waals surface area contributed by atoms with Gasteiger partial charge in [-0.25, -0.2) is 9.58 Å². The first-order valence-corrected chi connectivity index (χ1v) is 11.2. The van der Waals surface area contributed by atoms with E-state index in [1.807, 2.05) is 62.5 Å². The highest BCUT2D eigenvalue weighted by Crippen LogP contribution is 2.50. The van der Waals surface area contributed by atoms with Gasteiger partial charge in [0, 0.05) is 17.8 Å². The maximum atomic E-state index is 13.7. The predicted molar refractivity (Wildman–Crippen MR) is 125 cm³/mol. The molecule has 1 aromatic heterocycles. The van der Waals surface area contributed by atoms with Crippen LogP contribution in [0.5, 0.6) is 0 Å². The van der Waals surface area contributed by atoms with Crippen LogP contribution in [0.4, 0.5) is 5.69 Å². The minimum atomic E-state index is -1.36. The molecule has 5 rings (SSSR count). The summed E-state index contributed by atoms with van der Waals surface area (Å²) in [6.07, 6.45) is 1.86. The topological polar surface area (TPSA) is 93.5 Å². The average Bonchev–Trinajstić information content (AvgIpc) is 3.46. The second-order valence-corrected chi connectivity index (χ2v) is 9.12. The van der Waals surface area contributed by atoms with Gasteiger partial charge in [-0.3, -0.25) is 19.7 Å². The number of nitrogens with zero attached hydrogens (tertiary/aromatic N) is 3. The van der Waals surface area contributed by atoms with Crippen molar-refractivity contribution in [2.75, 3.05) is 12.0 Å². The van der Waals surface area contributed by atoms with Gasteiger partial charge in [-0.1, -0.05) is 35.9 Å². The SMILES string of the molecule is COC(=O)[C@]1(C)N[C@H](c2cn(-c3ccccc3)nc2C)[C@@H]2C(=O)N(c3ccc(C)cc3)C(=O)[C@@H]21. The molecular weight excluding hydrogens is 432 g/mol. The largest absolute Gasteiger partial charge is 0.468 e. The standard InChI is InChI=1S/C26H26N4O4/c1-15-10-12-18(13-11-15)30-23(31)20-21(24(30)32)26(3,25(33)34-4)27-22(20)19-14-29(28-16(19)2)17-8-6-5-7-9-17/h5-14,20-22,27H,1-4H3/t20-,21-,22-,26-/m1/s1. The molecule has 2 saturated heterocycles. The lowest BCUT2D eigenvalue weighted by atomic mass is 9.80. The molecule has 2 amide bonds. The third-order valence-corrected chi connectivity index (χ3v) is 6.98. The molecule has 0 saturated carbocycles. The second kappa shape index (κ2) is 7.92. The van der Waals surface area contributed by atoms with E-state index in [4.69, 9.17) is 4.74 Å². The summed E-state index contributed by atoms with van der Waals surface area (Å²) in [7, 11) is 1.29. The van der Waals surface area contributed by atoms with Gasteiger partial charge in [-0.2, -0.15) is 5.10 Å². The van der Waals surface area contributed by atoms with Gasteiger partial charge in [0.2, 0.25) is 11.8 Å². The molecule has 3 heterocycles. The van der Waals surface area contributed by atoms with E-state index in [2.05, 4.69) is 10.4 Å². The van der Waals surface area contributed by atoms with Gasteiger partial charge in [0.15, 0.2) is 0 Å². The highest BCUT2D eigenvalue weighted by atomic mass is 16.5. The van der Waals surface area contributed by atoms with Crippen LogP contribution in [0.1, 0.15) is 29.8 Å². The first-order chi connectivity index (χ1) is 16.3. The number of para-hydroxylation sites is 1. The van der Waals surface area contributed by atoms with Crippen molar-refractivity contribution in [3.05, 3.63) is 77.6 Å². The van der Waals surface area contributed by atoms with Crippen LogP contribution in [-0.4, -0.2) is 40.2 Å². The van der Waals surface area contributed by atoms with Crippen LogP contribution in [-0.2, 0) is 19.1 Å². The summed E-state index contributed by atoms with van der Waals surface area (Å²) >= 11 is 0. The van der Waals surface area contributed by atoms with Crippen LogP contribution < -0.4 is 10.2 Å². The Balaban J connectivity index is 1.61. The molecule has 4 atom stereocenters. The maximum Gasteiger partial charge on any atom is 0.326 e. The molecule has 8 nitrogen and oxygen atoms in total. The molecule has 2 aliphatic heterocycles. The van der Waals surface area contributed by atoms with Gasteiger partial charge in [0.05, 0.1) is 36.0 Å². The number of carbonyl (C=O) groups is 3. The predicted octanol–water partition coefficient (Wildman–Crippen LogP) is 2.87. The van der Waals surface area contributed by atoms with Crippen LogP contribution in [0.25, 0.3) is 5.69 Å². The number of hydrogen-bond acceptors (Lipinski definition) is 6. The van der Waals surface area contributed by atoms with E-state index in [1.165, 1.54) is 12.0 Å². The van der Waals surface area contributed by atoms with Crippen molar-refractivity contribution in [2.24, 2.45) is 11.8 Å². The summed E-state index contributed by atoms with van der Waals surface area (Å²) in [6.45, 7) is 5.43. The van der Waals surface area contributed by atoms with Gasteiger partial charge in [0.25, 0.3) is 0 Å². The lowest BCUT2D eigenvalue weighted by Gasteiger charge is -2.28. The first kappa shape index (κ1) is 22.0. The van der Waals surface area contributed by atoms with Crippen LogP contribution in [0, 0.1) is 25.7 Å². The van der Waals surface area contributed by atoms with E-state index < -0.39 is 35.3 Å². The zero-order valence-corrected chi connectivity index (χ0v) is 19.5. The van der Waals surface area contributed by atoms with Crippen molar-refractivity contribution in [3.63, 3.8) is 0 Å². The zero-order valence-electron chi connectivity index (χ0n) is 19.5. The Morgan fingerprint density at radius 2 is 1.68 bits per heavy atom. The van der Waals surface area contributed by atoms with Gasteiger partial charge in [-0.05, 0) is 45.0 Å². The minimum Gasteiger partial charge on any atom is -0.468 e. The summed E-state index contributed by atoms with van der Waals surface area (Å²) < 4.78 is 6.81. The monoisotopic (exact) mass is 458 g/mol. The average molecular weight is 459 g/mol. The number of imide groups is 1. The highest BCUT2D eigenvalue weighted by Gasteiger charge is 2.67. The van der Waals surface area contributed by atoms with Crippen molar-refractivity contribution < 1.29 is 19.1 Å². The van der Waals surface area contributed by atoms with Gasteiger partial charge in [0.1, 0.15) is 5.54 Å². The molecule has 174 valence electrons. The molecule has 3 aromatic rings. The molecule has 0 bridgehead atoms. The van der Waals surface area contributed by atoms with Crippen molar-refractivity contribution in [3.8, 4) is 5.69 Å². The number of carbonyl (C=O) groups excluding carboxylic acids is 3. The Bertz CT molecular complexity index is 1280. The molecule has 0 aliphatic carbocycles. The van der Waals surface area contributed by atoms with Gasteiger partial charge in [-0.15, -0.1) is 0 Å². The van der Waals surface area contributed by atoms with Crippen molar-refractivity contribution in [2.45, 2.75) is 32.4 Å². The number of esters is 1. The van der Waals surface area contributed by atoms with Crippen LogP contribution >= 0.6 is 0 Å². The van der Waals surface area contributed by atoms with Gasteiger partial charge >= 0.3 is 5.97 Å². The fourth-order valence-corrected chi connectivity index (χ4v) is 5.25. The Kier molecular flexibility index (Phi) is 5.13. The quantitative estimate of drug-likeness (QED) is 0.477. The van der Waals surface area contributed by atoms with E-state index in [0.29, 0.717) is 11.4 Å². The van der Waals surface area contributed by atoms with E-state index in [0.717, 1.165) is 16.8 Å². The van der Waals surface area contributed by atoms with E-state index in [9.17, 15) is 14.4 Å². The summed E-state index contributed by atoms with van der Waals surface area (Å²) in [5, 5.41) is 7.92. The van der Waals surface area contributed by atoms with Crippen LogP contribution in [0.15, 0.2) is 60.8 Å². The molecule has 8 heteroatoms. The molecule has 2 fully saturated rings. The number of nitrogens with one attached hydrogen (secondary N) is 1. The zero-order chi connectivity index (χ0) is 24.2. The molecule has 34 heavy (non-hydrogen) atoms. The Morgan fingerprint density at radius 1 is 1.00 bits per heavy atom. The van der Waals surface area contributed by atoms with Gasteiger partial charge < -0.3 is 4.74 Å².